The number of hydrogen-bond acceptors (Lipinski definition) is 3. The highest BCUT2D eigenvalue weighted by Crippen LogP contribution is 2.20. The Balaban J connectivity index is 2.63. The molecule has 0 spiro atoms. The molecule has 6 heteroatoms. The molecule has 0 saturated carbocycles. The molecule has 108 valence electrons. The molecule has 2 aromatic rings. The molecule has 20 heavy (non-hydrogen) atoms. The van der Waals surface area contributed by atoms with Gasteiger partial charge < -0.3 is 4.90 Å². The zero-order chi connectivity index (χ0) is 14.9. The number of pyridine rings is 1. The minimum atomic E-state index is -0.171. The van der Waals surface area contributed by atoms with Crippen molar-refractivity contribution in [2.45, 2.75) is 32.7 Å². The minimum absolute atomic E-state index is 0.114. The summed E-state index contributed by atoms with van der Waals surface area (Å²) in [4.78, 5) is 32.5. The number of carbonyl (C=O) groups excluding carboxylic acids is 1. The molecule has 2 heterocycles. The number of amides is 1. The van der Waals surface area contributed by atoms with Crippen molar-refractivity contribution in [2.24, 2.45) is 0 Å². The van der Waals surface area contributed by atoms with Gasteiger partial charge in [0.25, 0.3) is 5.91 Å². The molecule has 0 aliphatic carbocycles. The van der Waals surface area contributed by atoms with Crippen LogP contribution >= 0.6 is 0 Å². The van der Waals surface area contributed by atoms with E-state index in [1.807, 2.05) is 13.8 Å². The number of imidazole rings is 1. The topological polar surface area (TPSA) is 71.0 Å². The fraction of sp³-hybridized carbons (Fsp3) is 0.500. The van der Waals surface area contributed by atoms with Crippen molar-refractivity contribution in [1.29, 1.82) is 0 Å². The summed E-state index contributed by atoms with van der Waals surface area (Å²) in [7, 11) is 3.38. The van der Waals surface area contributed by atoms with Gasteiger partial charge >= 0.3 is 5.69 Å². The van der Waals surface area contributed by atoms with Crippen LogP contribution < -0.4 is 5.69 Å². The van der Waals surface area contributed by atoms with Crippen LogP contribution in [0, 0.1) is 0 Å². The average molecular weight is 276 g/mol. The molecular weight excluding hydrogens is 256 g/mol. The Hall–Kier alpha value is -2.11. The van der Waals surface area contributed by atoms with Crippen molar-refractivity contribution in [2.75, 3.05) is 14.1 Å². The summed E-state index contributed by atoms with van der Waals surface area (Å²) in [6.07, 6.45) is 3.21. The number of aromatic amines is 1. The molecule has 2 aromatic heterocycles. The first-order valence-electron chi connectivity index (χ1n) is 6.81. The summed E-state index contributed by atoms with van der Waals surface area (Å²) >= 11 is 0. The lowest BCUT2D eigenvalue weighted by Crippen LogP contribution is -2.23. The summed E-state index contributed by atoms with van der Waals surface area (Å²) in [6.45, 7) is 4.09. The maximum Gasteiger partial charge on any atom is 0.327 e. The fourth-order valence-corrected chi connectivity index (χ4v) is 2.40. The van der Waals surface area contributed by atoms with Gasteiger partial charge in [0.05, 0.1) is 11.1 Å². The van der Waals surface area contributed by atoms with Crippen LogP contribution in [0.3, 0.4) is 0 Å². The van der Waals surface area contributed by atoms with Crippen LogP contribution in [0.4, 0.5) is 0 Å². The van der Waals surface area contributed by atoms with Crippen molar-refractivity contribution < 1.29 is 4.79 Å². The number of H-pyrrole nitrogens is 1. The quantitative estimate of drug-likeness (QED) is 0.925. The van der Waals surface area contributed by atoms with Gasteiger partial charge in [-0.25, -0.2) is 9.78 Å². The van der Waals surface area contributed by atoms with Gasteiger partial charge in [-0.2, -0.15) is 0 Å². The van der Waals surface area contributed by atoms with E-state index in [1.165, 1.54) is 11.1 Å². The second-order valence-electron chi connectivity index (χ2n) is 5.06. The van der Waals surface area contributed by atoms with E-state index in [1.54, 1.807) is 24.7 Å². The molecule has 0 saturated heterocycles. The van der Waals surface area contributed by atoms with Crippen molar-refractivity contribution in [3.05, 3.63) is 28.3 Å². The summed E-state index contributed by atoms with van der Waals surface area (Å²) in [6, 6.07) is 1.85. The van der Waals surface area contributed by atoms with Crippen LogP contribution in [-0.4, -0.2) is 39.4 Å². The normalized spacial score (nSPS) is 11.2. The van der Waals surface area contributed by atoms with Gasteiger partial charge in [-0.1, -0.05) is 13.8 Å². The number of carbonyl (C=O) groups is 1. The maximum atomic E-state index is 12.1. The largest absolute Gasteiger partial charge is 0.345 e. The second kappa shape index (κ2) is 5.48. The van der Waals surface area contributed by atoms with E-state index in [0.717, 1.165) is 12.8 Å². The molecule has 0 atom stereocenters. The third-order valence-corrected chi connectivity index (χ3v) is 3.53. The highest BCUT2D eigenvalue weighted by Gasteiger charge is 2.17. The maximum absolute atomic E-state index is 12.1. The monoisotopic (exact) mass is 276 g/mol. The van der Waals surface area contributed by atoms with E-state index < -0.39 is 0 Å². The van der Waals surface area contributed by atoms with Crippen LogP contribution in [0.1, 0.15) is 43.1 Å². The Morgan fingerprint density at radius 3 is 2.60 bits per heavy atom. The zero-order valence-corrected chi connectivity index (χ0v) is 12.3. The molecule has 6 nitrogen and oxygen atoms in total. The van der Waals surface area contributed by atoms with Gasteiger partial charge in [0, 0.05) is 26.3 Å². The van der Waals surface area contributed by atoms with E-state index in [9.17, 15) is 9.59 Å². The van der Waals surface area contributed by atoms with Gasteiger partial charge in [0.1, 0.15) is 0 Å². The lowest BCUT2D eigenvalue weighted by Gasteiger charge is -2.15. The van der Waals surface area contributed by atoms with Crippen molar-refractivity contribution >= 4 is 17.1 Å². The van der Waals surface area contributed by atoms with Crippen molar-refractivity contribution in [3.63, 3.8) is 0 Å². The lowest BCUT2D eigenvalue weighted by molar-refractivity contribution is 0.0827. The van der Waals surface area contributed by atoms with E-state index in [-0.39, 0.29) is 17.6 Å². The van der Waals surface area contributed by atoms with Gasteiger partial charge in [0.15, 0.2) is 5.65 Å². The minimum Gasteiger partial charge on any atom is -0.345 e. The molecule has 0 radical (unpaired) electrons. The summed E-state index contributed by atoms with van der Waals surface area (Å²) in [5.41, 5.74) is 1.53. The van der Waals surface area contributed by atoms with Gasteiger partial charge in [0.2, 0.25) is 0 Å². The predicted octanol–water partition coefficient (Wildman–Crippen LogP) is 1.79. The molecule has 0 aliphatic heterocycles. The number of nitrogens with zero attached hydrogens (tertiary/aromatic N) is 3. The Kier molecular flexibility index (Phi) is 3.92. The first-order valence-corrected chi connectivity index (χ1v) is 6.81. The first kappa shape index (κ1) is 14.3. The third kappa shape index (κ3) is 2.33. The molecule has 0 aliphatic rings. The third-order valence-electron chi connectivity index (χ3n) is 3.53. The first-order chi connectivity index (χ1) is 9.49. The van der Waals surface area contributed by atoms with Crippen LogP contribution in [0.5, 0.6) is 0 Å². The highest BCUT2D eigenvalue weighted by molar-refractivity contribution is 5.96. The van der Waals surface area contributed by atoms with Gasteiger partial charge in [-0.3, -0.25) is 14.3 Å². The Bertz CT molecular complexity index is 680. The molecule has 0 bridgehead atoms. The van der Waals surface area contributed by atoms with Crippen molar-refractivity contribution in [3.8, 4) is 0 Å². The summed E-state index contributed by atoms with van der Waals surface area (Å²) < 4.78 is 1.70. The van der Waals surface area contributed by atoms with E-state index in [4.69, 9.17) is 0 Å². The Morgan fingerprint density at radius 2 is 2.05 bits per heavy atom. The smallest absolute Gasteiger partial charge is 0.327 e. The molecule has 2 rings (SSSR count). The molecule has 0 unspecified atom stereocenters. The predicted molar refractivity (Wildman–Crippen MR) is 78.0 cm³/mol. The van der Waals surface area contributed by atoms with Crippen LogP contribution in [0.25, 0.3) is 11.2 Å². The Labute approximate surface area is 117 Å². The molecule has 0 aromatic carbocycles. The van der Waals surface area contributed by atoms with E-state index in [2.05, 4.69) is 9.97 Å². The van der Waals surface area contributed by atoms with E-state index in [0.29, 0.717) is 16.7 Å². The summed E-state index contributed by atoms with van der Waals surface area (Å²) in [5.74, 6) is -0.121. The molecule has 1 amide bonds. The average Bonchev–Trinajstić information content (AvgIpc) is 2.75. The fourth-order valence-electron chi connectivity index (χ4n) is 2.40. The van der Waals surface area contributed by atoms with E-state index >= 15 is 0 Å². The lowest BCUT2D eigenvalue weighted by atomic mass is 10.1. The van der Waals surface area contributed by atoms with Gasteiger partial charge in [-0.05, 0) is 18.9 Å². The zero-order valence-electron chi connectivity index (χ0n) is 12.3. The highest BCUT2D eigenvalue weighted by atomic mass is 16.2. The standard InChI is InChI=1S/C14H20N4O2/c1-5-10(6-2)18-11-7-9(13(19)17(3)4)8-15-12(11)16-14(18)20/h7-8,10H,5-6H2,1-4H3,(H,15,16,20). The van der Waals surface area contributed by atoms with Gasteiger partial charge in [-0.15, -0.1) is 0 Å². The molecular formula is C14H20N4O2. The number of nitrogens with one attached hydrogen (secondary N) is 1. The molecule has 0 fully saturated rings. The second-order valence-corrected chi connectivity index (χ2v) is 5.06. The van der Waals surface area contributed by atoms with Crippen LogP contribution in [0.2, 0.25) is 0 Å². The number of hydrogen-bond donors (Lipinski definition) is 1. The number of fused-ring (bicyclic) bond motifs is 1. The van der Waals surface area contributed by atoms with Crippen LogP contribution in [-0.2, 0) is 0 Å². The summed E-state index contributed by atoms with van der Waals surface area (Å²) in [5, 5.41) is 0. The van der Waals surface area contributed by atoms with Crippen molar-refractivity contribution in [1.82, 2.24) is 19.4 Å². The Morgan fingerprint density at radius 1 is 1.40 bits per heavy atom. The number of rotatable bonds is 4. The SMILES string of the molecule is CCC(CC)n1c(=O)[nH]c2ncc(C(=O)N(C)C)cc21. The van der Waals surface area contributed by atoms with Crippen LogP contribution in [0.15, 0.2) is 17.1 Å². The number of aromatic nitrogens is 3. The molecule has 1 N–H and O–H groups in total.